The molecule has 100 valence electrons. The Morgan fingerprint density at radius 3 is 2.74 bits per heavy atom. The van der Waals surface area contributed by atoms with E-state index in [0.29, 0.717) is 6.42 Å². The van der Waals surface area contributed by atoms with Crippen molar-refractivity contribution in [3.05, 3.63) is 53.9 Å². The third kappa shape index (κ3) is 3.93. The van der Waals surface area contributed by atoms with Crippen LogP contribution < -0.4 is 5.32 Å². The molecule has 0 fully saturated rings. The topological polar surface area (TPSA) is 78.0 Å². The number of nitrogens with zero attached hydrogens (tertiary/aromatic N) is 1. The van der Waals surface area contributed by atoms with Crippen molar-refractivity contribution >= 4 is 5.91 Å². The van der Waals surface area contributed by atoms with Gasteiger partial charge in [-0.2, -0.15) is 5.10 Å². The van der Waals surface area contributed by atoms with E-state index in [2.05, 4.69) is 15.5 Å². The van der Waals surface area contributed by atoms with Gasteiger partial charge in [0, 0.05) is 18.5 Å². The van der Waals surface area contributed by atoms with Crippen LogP contribution in [0.3, 0.4) is 0 Å². The molecule has 1 amide bonds. The summed E-state index contributed by atoms with van der Waals surface area (Å²) in [4.78, 5) is 11.9. The van der Waals surface area contributed by atoms with Gasteiger partial charge in [0.05, 0.1) is 12.5 Å². The predicted octanol–water partition coefficient (Wildman–Crippen LogP) is 1.19. The Kier molecular flexibility index (Phi) is 4.69. The van der Waals surface area contributed by atoms with Crippen molar-refractivity contribution in [3.8, 4) is 0 Å². The molecule has 2 rings (SSSR count). The van der Waals surface area contributed by atoms with Gasteiger partial charge in [0.2, 0.25) is 5.91 Å². The van der Waals surface area contributed by atoms with Crippen LogP contribution in [0.4, 0.5) is 0 Å². The number of carbonyl (C=O) groups is 1. The van der Waals surface area contributed by atoms with Gasteiger partial charge in [-0.15, -0.1) is 0 Å². The minimum absolute atomic E-state index is 0.0316. The lowest BCUT2D eigenvalue weighted by Crippen LogP contribution is -2.30. The number of H-pyrrole nitrogens is 1. The summed E-state index contributed by atoms with van der Waals surface area (Å²) in [7, 11) is 0. The van der Waals surface area contributed by atoms with Gasteiger partial charge in [-0.1, -0.05) is 30.3 Å². The van der Waals surface area contributed by atoms with Crippen LogP contribution in [0.15, 0.2) is 42.6 Å². The molecule has 0 saturated carbocycles. The number of aliphatic hydroxyl groups excluding tert-OH is 1. The zero-order valence-corrected chi connectivity index (χ0v) is 10.5. The molecular formula is C14H17N3O2. The number of amides is 1. The minimum Gasteiger partial charge on any atom is -0.396 e. The van der Waals surface area contributed by atoms with Crippen LogP contribution >= 0.6 is 0 Å². The van der Waals surface area contributed by atoms with Gasteiger partial charge in [-0.05, 0) is 18.1 Å². The summed E-state index contributed by atoms with van der Waals surface area (Å²) in [6.45, 7) is 0.0316. The zero-order valence-electron chi connectivity index (χ0n) is 10.5. The molecule has 0 aliphatic heterocycles. The maximum Gasteiger partial charge on any atom is 0.226 e. The van der Waals surface area contributed by atoms with Crippen LogP contribution in [0.1, 0.15) is 23.7 Å². The first-order chi connectivity index (χ1) is 9.29. The standard InChI is InChI=1S/C14H17N3O2/c18-9-7-13(11-4-2-1-3-5-11)16-14(19)10-12-6-8-15-17-12/h1-6,8,13,18H,7,9-10H2,(H,15,17)(H,16,19). The monoisotopic (exact) mass is 259 g/mol. The van der Waals surface area contributed by atoms with E-state index in [1.807, 2.05) is 30.3 Å². The lowest BCUT2D eigenvalue weighted by atomic mass is 10.0. The SMILES string of the molecule is O=C(Cc1ccn[nH]1)NC(CCO)c1ccccc1. The summed E-state index contributed by atoms with van der Waals surface area (Å²) in [6.07, 6.45) is 2.37. The second-order valence-electron chi connectivity index (χ2n) is 4.30. The largest absolute Gasteiger partial charge is 0.396 e. The van der Waals surface area contributed by atoms with Crippen LogP contribution in [0.25, 0.3) is 0 Å². The highest BCUT2D eigenvalue weighted by atomic mass is 16.3. The molecule has 5 nitrogen and oxygen atoms in total. The van der Waals surface area contributed by atoms with Crippen molar-refractivity contribution in [2.45, 2.75) is 18.9 Å². The van der Waals surface area contributed by atoms with E-state index in [9.17, 15) is 4.79 Å². The van der Waals surface area contributed by atoms with E-state index in [4.69, 9.17) is 5.11 Å². The van der Waals surface area contributed by atoms with Gasteiger partial charge < -0.3 is 10.4 Å². The normalized spacial score (nSPS) is 12.1. The molecule has 0 saturated heterocycles. The van der Waals surface area contributed by atoms with Gasteiger partial charge in [-0.25, -0.2) is 0 Å². The molecule has 1 atom stereocenters. The maximum absolute atomic E-state index is 11.9. The fraction of sp³-hybridized carbons (Fsp3) is 0.286. The number of benzene rings is 1. The number of hydrogen-bond donors (Lipinski definition) is 3. The molecule has 0 bridgehead atoms. The first-order valence-electron chi connectivity index (χ1n) is 6.23. The summed E-state index contributed by atoms with van der Waals surface area (Å²) in [5.74, 6) is -0.0912. The highest BCUT2D eigenvalue weighted by molar-refractivity contribution is 5.78. The van der Waals surface area contributed by atoms with Crippen molar-refractivity contribution < 1.29 is 9.90 Å². The molecule has 0 aliphatic carbocycles. The third-order valence-corrected chi connectivity index (χ3v) is 2.86. The van der Waals surface area contributed by atoms with Crippen LogP contribution in [0.2, 0.25) is 0 Å². The molecule has 19 heavy (non-hydrogen) atoms. The fourth-order valence-electron chi connectivity index (χ4n) is 1.94. The number of nitrogens with one attached hydrogen (secondary N) is 2. The van der Waals surface area contributed by atoms with Crippen LogP contribution in [0, 0.1) is 0 Å². The van der Waals surface area contributed by atoms with Crippen molar-refractivity contribution in [3.63, 3.8) is 0 Å². The Morgan fingerprint density at radius 1 is 1.32 bits per heavy atom. The lowest BCUT2D eigenvalue weighted by Gasteiger charge is -2.18. The lowest BCUT2D eigenvalue weighted by molar-refractivity contribution is -0.121. The molecule has 1 heterocycles. The molecule has 3 N–H and O–H groups in total. The van der Waals surface area contributed by atoms with Gasteiger partial charge in [0.1, 0.15) is 0 Å². The van der Waals surface area contributed by atoms with Gasteiger partial charge >= 0.3 is 0 Å². The average Bonchev–Trinajstić information content (AvgIpc) is 2.92. The highest BCUT2D eigenvalue weighted by Crippen LogP contribution is 2.16. The van der Waals surface area contributed by atoms with Crippen molar-refractivity contribution in [2.75, 3.05) is 6.61 Å². The molecule has 0 spiro atoms. The van der Waals surface area contributed by atoms with E-state index >= 15 is 0 Å². The van der Waals surface area contributed by atoms with E-state index in [0.717, 1.165) is 11.3 Å². The van der Waals surface area contributed by atoms with E-state index < -0.39 is 0 Å². The summed E-state index contributed by atoms with van der Waals surface area (Å²) in [5.41, 5.74) is 1.77. The smallest absolute Gasteiger partial charge is 0.226 e. The van der Waals surface area contributed by atoms with Gasteiger partial charge in [0.25, 0.3) is 0 Å². The molecule has 0 radical (unpaired) electrons. The summed E-state index contributed by atoms with van der Waals surface area (Å²) >= 11 is 0. The quantitative estimate of drug-likeness (QED) is 0.729. The Morgan fingerprint density at radius 2 is 2.11 bits per heavy atom. The number of aliphatic hydroxyl groups is 1. The van der Waals surface area contributed by atoms with Gasteiger partial charge in [-0.3, -0.25) is 9.89 Å². The molecule has 0 aliphatic rings. The molecule has 1 aromatic carbocycles. The van der Waals surface area contributed by atoms with Gasteiger partial charge in [0.15, 0.2) is 0 Å². The van der Waals surface area contributed by atoms with E-state index in [-0.39, 0.29) is 25.0 Å². The molecular weight excluding hydrogens is 242 g/mol. The Balaban J connectivity index is 1.98. The number of carbonyl (C=O) groups excluding carboxylic acids is 1. The van der Waals surface area contributed by atoms with E-state index in [1.165, 1.54) is 0 Å². The summed E-state index contributed by atoms with van der Waals surface area (Å²) in [5, 5.41) is 18.6. The molecule has 2 aromatic rings. The Bertz CT molecular complexity index is 497. The number of hydrogen-bond acceptors (Lipinski definition) is 3. The summed E-state index contributed by atoms with van der Waals surface area (Å²) in [6, 6.07) is 11.2. The second-order valence-corrected chi connectivity index (χ2v) is 4.30. The average molecular weight is 259 g/mol. The third-order valence-electron chi connectivity index (χ3n) is 2.86. The number of aromatic amines is 1. The molecule has 5 heteroatoms. The number of aromatic nitrogens is 2. The van der Waals surface area contributed by atoms with E-state index in [1.54, 1.807) is 12.3 Å². The van der Waals surface area contributed by atoms with Crippen LogP contribution in [-0.2, 0) is 11.2 Å². The minimum atomic E-state index is -0.165. The fourth-order valence-corrected chi connectivity index (χ4v) is 1.94. The first kappa shape index (κ1) is 13.3. The van der Waals surface area contributed by atoms with Crippen LogP contribution in [-0.4, -0.2) is 27.8 Å². The van der Waals surface area contributed by atoms with Crippen molar-refractivity contribution in [1.29, 1.82) is 0 Å². The first-order valence-corrected chi connectivity index (χ1v) is 6.23. The Labute approximate surface area is 111 Å². The second kappa shape index (κ2) is 6.70. The maximum atomic E-state index is 11.9. The zero-order chi connectivity index (χ0) is 13.5. The number of rotatable bonds is 6. The van der Waals surface area contributed by atoms with Crippen LogP contribution in [0.5, 0.6) is 0 Å². The molecule has 1 aromatic heterocycles. The highest BCUT2D eigenvalue weighted by Gasteiger charge is 2.14. The Hall–Kier alpha value is -2.14. The van der Waals surface area contributed by atoms with Crippen molar-refractivity contribution in [1.82, 2.24) is 15.5 Å². The molecule has 1 unspecified atom stereocenters. The van der Waals surface area contributed by atoms with Crippen molar-refractivity contribution in [2.24, 2.45) is 0 Å². The predicted molar refractivity (Wildman–Crippen MR) is 71.3 cm³/mol. The summed E-state index contributed by atoms with van der Waals surface area (Å²) < 4.78 is 0.